The molecule has 1 N–H and O–H groups in total. The Morgan fingerprint density at radius 2 is 2.26 bits per heavy atom. The topological polar surface area (TPSA) is 92.6 Å². The van der Waals surface area contributed by atoms with Crippen molar-refractivity contribution < 1.29 is 4.79 Å². The second-order valence-corrected chi connectivity index (χ2v) is 5.58. The number of aromatic nitrogens is 6. The number of imidazole rings is 1. The summed E-state index contributed by atoms with van der Waals surface area (Å²) in [5.74, 6) is -0.0495. The van der Waals surface area contributed by atoms with Gasteiger partial charge in [-0.2, -0.15) is 15.3 Å². The number of nitrogens with zero attached hydrogens (tertiary/aromatic N) is 6. The summed E-state index contributed by atoms with van der Waals surface area (Å²) in [5, 5.41) is 11.7. The molecule has 3 aromatic rings. The maximum atomic E-state index is 12.7. The van der Waals surface area contributed by atoms with Crippen LogP contribution in [0.15, 0.2) is 37.2 Å². The molecule has 8 nitrogen and oxygen atoms in total. The summed E-state index contributed by atoms with van der Waals surface area (Å²) < 4.78 is 1.76. The Balaban J connectivity index is 1.68. The van der Waals surface area contributed by atoms with Gasteiger partial charge in [0.05, 0.1) is 48.4 Å². The molecule has 3 aromatic heterocycles. The van der Waals surface area contributed by atoms with Gasteiger partial charge in [0.15, 0.2) is 0 Å². The fourth-order valence-corrected chi connectivity index (χ4v) is 2.96. The molecule has 0 saturated carbocycles. The summed E-state index contributed by atoms with van der Waals surface area (Å²) in [5.41, 5.74) is 3.52. The standard InChI is InChI=1S/C15H15N7O/c1-21-6-11(5-20-21)12-7-22(8-13-14(12)17-9-16-13)15(23)10-2-3-18-19-4-10/h2-6,9,12H,7-8H2,1H3,(H,16,17). The molecule has 0 fully saturated rings. The predicted molar refractivity (Wildman–Crippen MR) is 80.4 cm³/mol. The number of carbonyl (C=O) groups is 1. The molecule has 0 aromatic carbocycles. The number of amides is 1. The second-order valence-electron chi connectivity index (χ2n) is 5.58. The van der Waals surface area contributed by atoms with Crippen molar-refractivity contribution >= 4 is 5.91 Å². The number of H-pyrrole nitrogens is 1. The first-order chi connectivity index (χ1) is 11.2. The number of hydrogen-bond acceptors (Lipinski definition) is 5. The van der Waals surface area contributed by atoms with Crippen molar-refractivity contribution in [1.82, 2.24) is 34.8 Å². The van der Waals surface area contributed by atoms with E-state index in [1.165, 1.54) is 12.4 Å². The van der Waals surface area contributed by atoms with E-state index >= 15 is 0 Å². The summed E-state index contributed by atoms with van der Waals surface area (Å²) in [6.45, 7) is 1.07. The van der Waals surface area contributed by atoms with Crippen LogP contribution in [-0.4, -0.2) is 47.3 Å². The molecule has 1 amide bonds. The first kappa shape index (κ1) is 13.6. The number of carbonyl (C=O) groups excluding carboxylic acids is 1. The summed E-state index contributed by atoms with van der Waals surface area (Å²) in [6.07, 6.45) is 8.48. The van der Waals surface area contributed by atoms with Crippen molar-refractivity contribution in [3.63, 3.8) is 0 Å². The molecule has 1 unspecified atom stereocenters. The summed E-state index contributed by atoms with van der Waals surface area (Å²) in [6, 6.07) is 1.68. The van der Waals surface area contributed by atoms with E-state index in [0.29, 0.717) is 18.7 Å². The Labute approximate surface area is 132 Å². The number of fused-ring (bicyclic) bond motifs is 1. The van der Waals surface area contributed by atoms with Crippen molar-refractivity contribution in [2.24, 2.45) is 7.05 Å². The average molecular weight is 309 g/mol. The average Bonchev–Trinajstić information content (AvgIpc) is 3.22. The highest BCUT2D eigenvalue weighted by molar-refractivity contribution is 5.94. The van der Waals surface area contributed by atoms with Gasteiger partial charge < -0.3 is 9.88 Å². The van der Waals surface area contributed by atoms with Crippen LogP contribution in [0.2, 0.25) is 0 Å². The molecular weight excluding hydrogens is 294 g/mol. The first-order valence-electron chi connectivity index (χ1n) is 7.29. The van der Waals surface area contributed by atoms with Crippen molar-refractivity contribution in [2.45, 2.75) is 12.5 Å². The van der Waals surface area contributed by atoms with Crippen LogP contribution in [-0.2, 0) is 13.6 Å². The number of aromatic amines is 1. The van der Waals surface area contributed by atoms with Gasteiger partial charge in [0.2, 0.25) is 0 Å². The molecule has 0 radical (unpaired) electrons. The minimum Gasteiger partial charge on any atom is -0.347 e. The largest absolute Gasteiger partial charge is 0.347 e. The number of rotatable bonds is 2. The van der Waals surface area contributed by atoms with Crippen LogP contribution in [0.5, 0.6) is 0 Å². The zero-order valence-electron chi connectivity index (χ0n) is 12.5. The molecule has 0 aliphatic carbocycles. The van der Waals surface area contributed by atoms with Crippen LogP contribution < -0.4 is 0 Å². The molecule has 8 heteroatoms. The number of aryl methyl sites for hydroxylation is 1. The Bertz CT molecular complexity index is 838. The van der Waals surface area contributed by atoms with Crippen molar-refractivity contribution in [2.75, 3.05) is 6.54 Å². The highest BCUT2D eigenvalue weighted by atomic mass is 16.2. The molecular formula is C15H15N7O. The lowest BCUT2D eigenvalue weighted by molar-refractivity contribution is 0.0721. The Morgan fingerprint density at radius 3 is 3.00 bits per heavy atom. The SMILES string of the molecule is Cn1cc(C2CN(C(=O)c3ccnnc3)Cc3[nH]cnc32)cn1. The molecule has 0 spiro atoms. The Hall–Kier alpha value is -3.03. The van der Waals surface area contributed by atoms with Gasteiger partial charge in [-0.1, -0.05) is 0 Å². The van der Waals surface area contributed by atoms with Gasteiger partial charge in [-0.15, -0.1) is 0 Å². The van der Waals surface area contributed by atoms with Gasteiger partial charge in [-0.3, -0.25) is 9.48 Å². The molecule has 0 bridgehead atoms. The lowest BCUT2D eigenvalue weighted by Crippen LogP contribution is -2.38. The highest BCUT2D eigenvalue weighted by Crippen LogP contribution is 2.31. The molecule has 116 valence electrons. The van der Waals surface area contributed by atoms with E-state index in [-0.39, 0.29) is 11.8 Å². The molecule has 1 aliphatic rings. The highest BCUT2D eigenvalue weighted by Gasteiger charge is 2.32. The molecule has 1 aliphatic heterocycles. The van der Waals surface area contributed by atoms with Crippen LogP contribution in [0.25, 0.3) is 0 Å². The molecule has 0 saturated heterocycles. The van der Waals surface area contributed by atoms with E-state index in [1.54, 1.807) is 22.0 Å². The summed E-state index contributed by atoms with van der Waals surface area (Å²) in [7, 11) is 1.88. The van der Waals surface area contributed by atoms with Crippen LogP contribution in [0, 0.1) is 0 Å². The van der Waals surface area contributed by atoms with Crippen LogP contribution >= 0.6 is 0 Å². The second kappa shape index (κ2) is 5.31. The normalized spacial score (nSPS) is 17.1. The van der Waals surface area contributed by atoms with Crippen LogP contribution in [0.1, 0.15) is 33.2 Å². The van der Waals surface area contributed by atoms with Crippen LogP contribution in [0.4, 0.5) is 0 Å². The summed E-state index contributed by atoms with van der Waals surface area (Å²) in [4.78, 5) is 22.1. The minimum absolute atomic E-state index is 0.0115. The van der Waals surface area contributed by atoms with Gasteiger partial charge >= 0.3 is 0 Å². The predicted octanol–water partition coefficient (Wildman–Crippen LogP) is 0.721. The van der Waals surface area contributed by atoms with Crippen molar-refractivity contribution in [3.05, 3.63) is 59.7 Å². The molecule has 4 rings (SSSR count). The monoisotopic (exact) mass is 309 g/mol. The maximum absolute atomic E-state index is 12.7. The zero-order chi connectivity index (χ0) is 15.8. The van der Waals surface area contributed by atoms with E-state index in [1.807, 2.05) is 19.4 Å². The summed E-state index contributed by atoms with van der Waals surface area (Å²) >= 11 is 0. The van der Waals surface area contributed by atoms with Gasteiger partial charge in [-0.05, 0) is 6.07 Å². The minimum atomic E-state index is -0.0611. The van der Waals surface area contributed by atoms with Crippen molar-refractivity contribution in [1.29, 1.82) is 0 Å². The van der Waals surface area contributed by atoms with Gasteiger partial charge in [0, 0.05) is 31.3 Å². The maximum Gasteiger partial charge on any atom is 0.255 e. The van der Waals surface area contributed by atoms with E-state index in [4.69, 9.17) is 0 Å². The third-order valence-corrected chi connectivity index (χ3v) is 4.08. The van der Waals surface area contributed by atoms with Gasteiger partial charge in [-0.25, -0.2) is 4.98 Å². The first-order valence-corrected chi connectivity index (χ1v) is 7.29. The zero-order valence-corrected chi connectivity index (χ0v) is 12.5. The van der Waals surface area contributed by atoms with E-state index in [9.17, 15) is 4.79 Å². The Kier molecular flexibility index (Phi) is 3.14. The molecule has 23 heavy (non-hydrogen) atoms. The van der Waals surface area contributed by atoms with Gasteiger partial charge in [0.1, 0.15) is 0 Å². The number of hydrogen-bond donors (Lipinski definition) is 1. The smallest absolute Gasteiger partial charge is 0.255 e. The number of nitrogens with one attached hydrogen (secondary N) is 1. The van der Waals surface area contributed by atoms with E-state index in [0.717, 1.165) is 17.0 Å². The fourth-order valence-electron chi connectivity index (χ4n) is 2.96. The van der Waals surface area contributed by atoms with Crippen molar-refractivity contribution in [3.8, 4) is 0 Å². The molecule has 1 atom stereocenters. The van der Waals surface area contributed by atoms with E-state index < -0.39 is 0 Å². The Morgan fingerprint density at radius 1 is 1.35 bits per heavy atom. The van der Waals surface area contributed by atoms with Crippen LogP contribution in [0.3, 0.4) is 0 Å². The lowest BCUT2D eigenvalue weighted by Gasteiger charge is -2.31. The van der Waals surface area contributed by atoms with E-state index in [2.05, 4.69) is 25.3 Å². The fraction of sp³-hybridized carbons (Fsp3) is 0.267. The molecule has 4 heterocycles. The van der Waals surface area contributed by atoms with Gasteiger partial charge in [0.25, 0.3) is 5.91 Å². The quantitative estimate of drug-likeness (QED) is 0.753. The third-order valence-electron chi connectivity index (χ3n) is 4.08. The lowest BCUT2D eigenvalue weighted by atomic mass is 9.93. The third kappa shape index (κ3) is 2.37.